The fourth-order valence-electron chi connectivity index (χ4n) is 2.80. The summed E-state index contributed by atoms with van der Waals surface area (Å²) in [4.78, 5) is 14.4. The van der Waals surface area contributed by atoms with Crippen LogP contribution in [0.2, 0.25) is 0 Å². The predicted molar refractivity (Wildman–Crippen MR) is 68.3 cm³/mol. The average molecular weight is 227 g/mol. The molecule has 3 aliphatic heterocycles. The van der Waals surface area contributed by atoms with Crippen LogP contribution in [0.15, 0.2) is 36.0 Å². The highest BCUT2D eigenvalue weighted by Crippen LogP contribution is 2.30. The van der Waals surface area contributed by atoms with Gasteiger partial charge in [-0.25, -0.2) is 0 Å². The minimum Gasteiger partial charge on any atom is -0.369 e. The standard InChI is InChI=1S/C15H17NO/c17-15-11-13-6-8-16(9-7-13)14(15)10-12-4-2-1-3-5-12/h1-5,10,13H,6-9,11H2. The largest absolute Gasteiger partial charge is 0.369 e. The van der Waals surface area contributed by atoms with Gasteiger partial charge in [0, 0.05) is 19.5 Å². The van der Waals surface area contributed by atoms with E-state index in [1.807, 2.05) is 18.2 Å². The SMILES string of the molecule is O=C1CC2CCN(CC2)C1=Cc1ccccc1. The van der Waals surface area contributed by atoms with Crippen molar-refractivity contribution in [2.75, 3.05) is 13.1 Å². The maximum absolute atomic E-state index is 12.2. The normalized spacial score (nSPS) is 23.2. The van der Waals surface area contributed by atoms with Gasteiger partial charge in [0.25, 0.3) is 0 Å². The molecule has 2 heteroatoms. The van der Waals surface area contributed by atoms with Crippen LogP contribution in [0.25, 0.3) is 6.08 Å². The molecular weight excluding hydrogens is 210 g/mol. The van der Waals surface area contributed by atoms with Crippen LogP contribution in [0.3, 0.4) is 0 Å². The van der Waals surface area contributed by atoms with Gasteiger partial charge >= 0.3 is 0 Å². The van der Waals surface area contributed by atoms with Crippen molar-refractivity contribution in [1.82, 2.24) is 4.90 Å². The van der Waals surface area contributed by atoms with Crippen LogP contribution in [0.1, 0.15) is 24.8 Å². The van der Waals surface area contributed by atoms with Crippen LogP contribution >= 0.6 is 0 Å². The summed E-state index contributed by atoms with van der Waals surface area (Å²) in [6.45, 7) is 2.10. The van der Waals surface area contributed by atoms with E-state index in [9.17, 15) is 4.79 Å². The molecule has 17 heavy (non-hydrogen) atoms. The van der Waals surface area contributed by atoms with Gasteiger partial charge in [0.2, 0.25) is 0 Å². The number of carbonyl (C=O) groups excluding carboxylic acids is 1. The van der Waals surface area contributed by atoms with Crippen molar-refractivity contribution < 1.29 is 4.79 Å². The molecule has 1 aromatic carbocycles. The molecule has 0 aromatic heterocycles. The maximum atomic E-state index is 12.2. The quantitative estimate of drug-likeness (QED) is 0.687. The summed E-state index contributed by atoms with van der Waals surface area (Å²) in [5.74, 6) is 0.953. The van der Waals surface area contributed by atoms with Crippen molar-refractivity contribution in [2.45, 2.75) is 19.3 Å². The summed E-state index contributed by atoms with van der Waals surface area (Å²) in [5, 5.41) is 0. The van der Waals surface area contributed by atoms with Gasteiger partial charge in [-0.1, -0.05) is 30.3 Å². The molecule has 0 aliphatic carbocycles. The number of ketones is 1. The first-order chi connectivity index (χ1) is 8.33. The van der Waals surface area contributed by atoms with E-state index < -0.39 is 0 Å². The minimum absolute atomic E-state index is 0.328. The highest BCUT2D eigenvalue weighted by Gasteiger charge is 2.30. The highest BCUT2D eigenvalue weighted by molar-refractivity contribution is 5.99. The van der Waals surface area contributed by atoms with Gasteiger partial charge in [-0.05, 0) is 30.4 Å². The second kappa shape index (κ2) is 4.36. The Morgan fingerprint density at radius 3 is 2.53 bits per heavy atom. The van der Waals surface area contributed by atoms with E-state index in [0.29, 0.717) is 11.7 Å². The Labute approximate surface area is 102 Å². The lowest BCUT2D eigenvalue weighted by Gasteiger charge is -2.28. The van der Waals surface area contributed by atoms with Crippen molar-refractivity contribution in [3.8, 4) is 0 Å². The first-order valence-corrected chi connectivity index (χ1v) is 6.38. The molecule has 4 rings (SSSR count). The summed E-state index contributed by atoms with van der Waals surface area (Å²) >= 11 is 0. The molecule has 3 saturated heterocycles. The van der Waals surface area contributed by atoms with Gasteiger partial charge in [0.05, 0.1) is 5.70 Å². The van der Waals surface area contributed by atoms with E-state index in [0.717, 1.165) is 30.8 Å². The summed E-state index contributed by atoms with van der Waals surface area (Å²) in [6.07, 6.45) is 5.15. The molecule has 0 radical (unpaired) electrons. The third-order valence-electron chi connectivity index (χ3n) is 3.82. The van der Waals surface area contributed by atoms with E-state index >= 15 is 0 Å². The lowest BCUT2D eigenvalue weighted by molar-refractivity contribution is -0.116. The Kier molecular flexibility index (Phi) is 2.71. The molecule has 2 nitrogen and oxygen atoms in total. The third-order valence-corrected chi connectivity index (χ3v) is 3.82. The number of benzene rings is 1. The molecule has 3 aliphatic rings. The number of allylic oxidation sites excluding steroid dienone is 1. The van der Waals surface area contributed by atoms with Crippen LogP contribution in [0.5, 0.6) is 0 Å². The summed E-state index contributed by atoms with van der Waals surface area (Å²) in [5.41, 5.74) is 2.05. The molecule has 0 saturated carbocycles. The van der Waals surface area contributed by atoms with E-state index in [1.165, 1.54) is 12.8 Å². The van der Waals surface area contributed by atoms with Gasteiger partial charge in [-0.3, -0.25) is 4.79 Å². The second-order valence-corrected chi connectivity index (χ2v) is 5.00. The number of Topliss-reactive ketones (excluding diaryl/α,β-unsaturated/α-hetero) is 1. The Morgan fingerprint density at radius 1 is 1.12 bits per heavy atom. The average Bonchev–Trinajstić information content (AvgIpc) is 2.60. The summed E-state index contributed by atoms with van der Waals surface area (Å²) in [7, 11) is 0. The number of carbonyl (C=O) groups is 1. The number of hydrogen-bond acceptors (Lipinski definition) is 2. The zero-order chi connectivity index (χ0) is 11.7. The predicted octanol–water partition coefficient (Wildman–Crippen LogP) is 2.71. The molecular formula is C15H17NO. The minimum atomic E-state index is 0.328. The molecule has 0 atom stereocenters. The number of hydrogen-bond donors (Lipinski definition) is 0. The van der Waals surface area contributed by atoms with Crippen LogP contribution in [0.4, 0.5) is 0 Å². The van der Waals surface area contributed by atoms with Crippen molar-refractivity contribution in [2.24, 2.45) is 5.92 Å². The zero-order valence-corrected chi connectivity index (χ0v) is 9.93. The van der Waals surface area contributed by atoms with Crippen LogP contribution in [-0.2, 0) is 4.79 Å². The maximum Gasteiger partial charge on any atom is 0.179 e. The number of nitrogens with zero attached hydrogens (tertiary/aromatic N) is 1. The van der Waals surface area contributed by atoms with Gasteiger partial charge in [-0.15, -0.1) is 0 Å². The lowest BCUT2D eigenvalue weighted by atomic mass is 9.95. The van der Waals surface area contributed by atoms with Gasteiger partial charge < -0.3 is 4.90 Å². The molecule has 88 valence electrons. The molecule has 3 fully saturated rings. The molecule has 0 unspecified atom stereocenters. The number of fused-ring (bicyclic) bond motifs is 4. The zero-order valence-electron chi connectivity index (χ0n) is 9.93. The van der Waals surface area contributed by atoms with Crippen LogP contribution < -0.4 is 0 Å². The number of rotatable bonds is 1. The Morgan fingerprint density at radius 2 is 1.82 bits per heavy atom. The molecule has 0 N–H and O–H groups in total. The molecule has 3 heterocycles. The topological polar surface area (TPSA) is 20.3 Å². The van der Waals surface area contributed by atoms with Crippen LogP contribution in [-0.4, -0.2) is 23.8 Å². The van der Waals surface area contributed by atoms with Crippen molar-refractivity contribution in [3.63, 3.8) is 0 Å². The molecule has 0 spiro atoms. The Bertz CT molecular complexity index is 441. The second-order valence-electron chi connectivity index (χ2n) is 5.00. The van der Waals surface area contributed by atoms with E-state index in [1.54, 1.807) is 0 Å². The van der Waals surface area contributed by atoms with Gasteiger partial charge in [0.15, 0.2) is 5.78 Å². The van der Waals surface area contributed by atoms with E-state index in [4.69, 9.17) is 0 Å². The number of piperidine rings is 1. The third kappa shape index (κ3) is 2.12. The van der Waals surface area contributed by atoms with Crippen LogP contribution in [0, 0.1) is 5.92 Å². The smallest absolute Gasteiger partial charge is 0.179 e. The Balaban J connectivity index is 1.95. The first kappa shape index (κ1) is 10.6. The molecule has 1 aromatic rings. The molecule has 2 bridgehead atoms. The van der Waals surface area contributed by atoms with Crippen molar-refractivity contribution >= 4 is 11.9 Å². The summed E-state index contributed by atoms with van der Waals surface area (Å²) < 4.78 is 0. The van der Waals surface area contributed by atoms with Crippen molar-refractivity contribution in [1.29, 1.82) is 0 Å². The lowest BCUT2D eigenvalue weighted by Crippen LogP contribution is -2.30. The Hall–Kier alpha value is -1.57. The van der Waals surface area contributed by atoms with E-state index in [-0.39, 0.29) is 0 Å². The molecule has 0 amide bonds. The van der Waals surface area contributed by atoms with Crippen molar-refractivity contribution in [3.05, 3.63) is 41.6 Å². The first-order valence-electron chi connectivity index (χ1n) is 6.38. The van der Waals surface area contributed by atoms with Gasteiger partial charge in [-0.2, -0.15) is 0 Å². The fraction of sp³-hybridized carbons (Fsp3) is 0.400. The van der Waals surface area contributed by atoms with Gasteiger partial charge in [0.1, 0.15) is 0 Å². The van der Waals surface area contributed by atoms with E-state index in [2.05, 4.69) is 23.1 Å². The fourth-order valence-corrected chi connectivity index (χ4v) is 2.80. The summed E-state index contributed by atoms with van der Waals surface area (Å²) in [6, 6.07) is 10.1. The highest BCUT2D eigenvalue weighted by atomic mass is 16.1. The monoisotopic (exact) mass is 227 g/mol.